The van der Waals surface area contributed by atoms with Crippen molar-refractivity contribution in [3.8, 4) is 5.75 Å². The number of rotatable bonds is 6. The summed E-state index contributed by atoms with van der Waals surface area (Å²) in [7, 11) is 1.94. The van der Waals surface area contributed by atoms with E-state index in [1.54, 1.807) is 0 Å². The molecule has 0 saturated heterocycles. The van der Waals surface area contributed by atoms with Gasteiger partial charge in [-0.2, -0.15) is 5.10 Å². The first-order valence-electron chi connectivity index (χ1n) is 6.25. The Hall–Kier alpha value is -1.33. The summed E-state index contributed by atoms with van der Waals surface area (Å²) in [4.78, 5) is 0. The number of hydrogen-bond acceptors (Lipinski definition) is 3. The van der Waals surface area contributed by atoms with Gasteiger partial charge in [0.2, 0.25) is 0 Å². The lowest BCUT2D eigenvalue weighted by Crippen LogP contribution is -2.12. The normalized spacial score (nSPS) is 10.7. The molecule has 5 heteroatoms. The van der Waals surface area contributed by atoms with Crippen molar-refractivity contribution in [3.63, 3.8) is 0 Å². The van der Waals surface area contributed by atoms with E-state index >= 15 is 0 Å². The molecule has 2 aromatic rings. The second-order valence-corrected chi connectivity index (χ2v) is 5.23. The van der Waals surface area contributed by atoms with E-state index in [-0.39, 0.29) is 0 Å². The largest absolute Gasteiger partial charge is 0.492 e. The minimum Gasteiger partial charge on any atom is -0.492 e. The molecular weight excluding hydrogens is 306 g/mol. The maximum Gasteiger partial charge on any atom is 0.119 e. The molecule has 0 unspecified atom stereocenters. The average molecular weight is 324 g/mol. The van der Waals surface area contributed by atoms with Crippen LogP contribution in [0.15, 0.2) is 34.9 Å². The second-order valence-electron chi connectivity index (χ2n) is 4.31. The zero-order valence-electron chi connectivity index (χ0n) is 11.2. The standard InChI is InChI=1S/C14H18BrN3O/c1-11-12(9-16-2)10-17-18(11)7-8-19-14-5-3-13(15)4-6-14/h3-6,10,16H,7-9H2,1-2H3. The third-order valence-electron chi connectivity index (χ3n) is 2.96. The number of ether oxygens (including phenoxy) is 1. The molecule has 0 aliphatic carbocycles. The van der Waals surface area contributed by atoms with Gasteiger partial charge in [0.1, 0.15) is 12.4 Å². The van der Waals surface area contributed by atoms with Crippen molar-refractivity contribution >= 4 is 15.9 Å². The van der Waals surface area contributed by atoms with Gasteiger partial charge in [0.05, 0.1) is 12.7 Å². The molecule has 102 valence electrons. The van der Waals surface area contributed by atoms with Gasteiger partial charge >= 0.3 is 0 Å². The first-order valence-corrected chi connectivity index (χ1v) is 7.04. The Morgan fingerprint density at radius 1 is 1.32 bits per heavy atom. The van der Waals surface area contributed by atoms with Gasteiger partial charge in [-0.1, -0.05) is 15.9 Å². The lowest BCUT2D eigenvalue weighted by atomic mass is 10.2. The first kappa shape index (κ1) is 14.1. The smallest absolute Gasteiger partial charge is 0.119 e. The highest BCUT2D eigenvalue weighted by Crippen LogP contribution is 2.16. The van der Waals surface area contributed by atoms with Gasteiger partial charge in [-0.15, -0.1) is 0 Å². The molecule has 0 aliphatic heterocycles. The summed E-state index contributed by atoms with van der Waals surface area (Å²) in [6, 6.07) is 7.85. The Morgan fingerprint density at radius 2 is 2.05 bits per heavy atom. The van der Waals surface area contributed by atoms with Gasteiger partial charge in [-0.25, -0.2) is 0 Å². The van der Waals surface area contributed by atoms with Crippen molar-refractivity contribution in [3.05, 3.63) is 46.2 Å². The fourth-order valence-corrected chi connectivity index (χ4v) is 2.12. The van der Waals surface area contributed by atoms with E-state index in [0.717, 1.165) is 23.3 Å². The number of aromatic nitrogens is 2. The van der Waals surface area contributed by atoms with Crippen LogP contribution in [0.2, 0.25) is 0 Å². The van der Waals surface area contributed by atoms with Crippen LogP contribution in [0, 0.1) is 6.92 Å². The quantitative estimate of drug-likeness (QED) is 0.888. The van der Waals surface area contributed by atoms with Gasteiger partial charge in [0, 0.05) is 22.3 Å². The van der Waals surface area contributed by atoms with Crippen molar-refractivity contribution in [2.45, 2.75) is 20.0 Å². The third kappa shape index (κ3) is 3.81. The van der Waals surface area contributed by atoms with Crippen LogP contribution in [-0.2, 0) is 13.1 Å². The van der Waals surface area contributed by atoms with Gasteiger partial charge in [0.25, 0.3) is 0 Å². The van der Waals surface area contributed by atoms with E-state index in [9.17, 15) is 0 Å². The Balaban J connectivity index is 1.87. The van der Waals surface area contributed by atoms with Crippen molar-refractivity contribution in [2.75, 3.05) is 13.7 Å². The molecule has 0 spiro atoms. The van der Waals surface area contributed by atoms with Crippen LogP contribution in [0.25, 0.3) is 0 Å². The van der Waals surface area contributed by atoms with E-state index in [1.165, 1.54) is 11.3 Å². The van der Waals surface area contributed by atoms with E-state index < -0.39 is 0 Å². The van der Waals surface area contributed by atoms with Crippen molar-refractivity contribution in [2.24, 2.45) is 0 Å². The Morgan fingerprint density at radius 3 is 2.74 bits per heavy atom. The molecule has 4 nitrogen and oxygen atoms in total. The van der Waals surface area contributed by atoms with Crippen LogP contribution in [0.3, 0.4) is 0 Å². The monoisotopic (exact) mass is 323 g/mol. The summed E-state index contributed by atoms with van der Waals surface area (Å²) in [6.45, 7) is 4.30. The fourth-order valence-electron chi connectivity index (χ4n) is 1.86. The highest BCUT2D eigenvalue weighted by molar-refractivity contribution is 9.10. The van der Waals surface area contributed by atoms with E-state index in [1.807, 2.05) is 42.2 Å². The van der Waals surface area contributed by atoms with Gasteiger partial charge in [-0.3, -0.25) is 4.68 Å². The summed E-state index contributed by atoms with van der Waals surface area (Å²) in [5.74, 6) is 0.878. The number of hydrogen-bond donors (Lipinski definition) is 1. The van der Waals surface area contributed by atoms with Crippen LogP contribution >= 0.6 is 15.9 Å². The van der Waals surface area contributed by atoms with Crippen molar-refractivity contribution in [1.29, 1.82) is 0 Å². The predicted molar refractivity (Wildman–Crippen MR) is 79.4 cm³/mol. The summed E-state index contributed by atoms with van der Waals surface area (Å²) in [5, 5.41) is 7.51. The molecule has 0 atom stereocenters. The zero-order chi connectivity index (χ0) is 13.7. The average Bonchev–Trinajstić information content (AvgIpc) is 2.75. The molecule has 2 rings (SSSR count). The Kier molecular flexibility index (Phi) is 4.99. The van der Waals surface area contributed by atoms with Crippen molar-refractivity contribution in [1.82, 2.24) is 15.1 Å². The Bertz CT molecular complexity index is 522. The van der Waals surface area contributed by atoms with Crippen LogP contribution in [0.4, 0.5) is 0 Å². The molecule has 0 saturated carbocycles. The third-order valence-corrected chi connectivity index (χ3v) is 3.49. The molecule has 1 N–H and O–H groups in total. The molecule has 1 aromatic heterocycles. The molecule has 0 aliphatic rings. The first-order chi connectivity index (χ1) is 9.20. The number of halogens is 1. The number of nitrogens with one attached hydrogen (secondary N) is 1. The predicted octanol–water partition coefficient (Wildman–Crippen LogP) is 2.75. The van der Waals surface area contributed by atoms with Crippen LogP contribution < -0.4 is 10.1 Å². The molecular formula is C14H18BrN3O. The molecule has 0 amide bonds. The van der Waals surface area contributed by atoms with Crippen LogP contribution in [0.5, 0.6) is 5.75 Å². The molecule has 19 heavy (non-hydrogen) atoms. The number of benzene rings is 1. The van der Waals surface area contributed by atoms with E-state index in [0.29, 0.717) is 6.61 Å². The van der Waals surface area contributed by atoms with E-state index in [2.05, 4.69) is 33.3 Å². The molecule has 0 fully saturated rings. The summed E-state index contributed by atoms with van der Waals surface area (Å²) >= 11 is 3.40. The fraction of sp³-hybridized carbons (Fsp3) is 0.357. The summed E-state index contributed by atoms with van der Waals surface area (Å²) in [5.41, 5.74) is 2.42. The summed E-state index contributed by atoms with van der Waals surface area (Å²) in [6.07, 6.45) is 1.91. The SMILES string of the molecule is CNCc1cnn(CCOc2ccc(Br)cc2)c1C. The molecule has 0 radical (unpaired) electrons. The van der Waals surface area contributed by atoms with Gasteiger partial charge in [-0.05, 0) is 38.2 Å². The lowest BCUT2D eigenvalue weighted by Gasteiger charge is -2.08. The highest BCUT2D eigenvalue weighted by Gasteiger charge is 2.05. The lowest BCUT2D eigenvalue weighted by molar-refractivity contribution is 0.289. The van der Waals surface area contributed by atoms with Gasteiger partial charge < -0.3 is 10.1 Å². The van der Waals surface area contributed by atoms with Crippen LogP contribution in [-0.4, -0.2) is 23.4 Å². The topological polar surface area (TPSA) is 39.1 Å². The minimum atomic E-state index is 0.614. The maximum atomic E-state index is 5.69. The maximum absolute atomic E-state index is 5.69. The second kappa shape index (κ2) is 6.73. The van der Waals surface area contributed by atoms with Gasteiger partial charge in [0.15, 0.2) is 0 Å². The summed E-state index contributed by atoms with van der Waals surface area (Å²) < 4.78 is 8.72. The molecule has 0 bridgehead atoms. The van der Waals surface area contributed by atoms with Crippen LogP contribution in [0.1, 0.15) is 11.3 Å². The Labute approximate surface area is 121 Å². The highest BCUT2D eigenvalue weighted by atomic mass is 79.9. The van der Waals surface area contributed by atoms with Crippen molar-refractivity contribution < 1.29 is 4.74 Å². The zero-order valence-corrected chi connectivity index (χ0v) is 12.8. The molecule has 1 aromatic carbocycles. The number of nitrogens with zero attached hydrogens (tertiary/aromatic N) is 2. The van der Waals surface area contributed by atoms with E-state index in [4.69, 9.17) is 4.74 Å². The molecule has 1 heterocycles. The minimum absolute atomic E-state index is 0.614.